The van der Waals surface area contributed by atoms with Crippen LogP contribution in [0.25, 0.3) is 11.0 Å². The number of rotatable bonds is 7. The van der Waals surface area contributed by atoms with Crippen molar-refractivity contribution in [2.45, 2.75) is 6.04 Å². The number of para-hydroxylation sites is 1. The molecule has 32 heavy (non-hydrogen) atoms. The Kier molecular flexibility index (Phi) is 5.80. The zero-order valence-corrected chi connectivity index (χ0v) is 18.8. The van der Waals surface area contributed by atoms with E-state index in [-0.39, 0.29) is 17.1 Å². The fraction of sp³-hybridized carbons (Fsp3) is 0.333. The summed E-state index contributed by atoms with van der Waals surface area (Å²) in [5.41, 5.74) is 1.17. The van der Waals surface area contributed by atoms with Crippen molar-refractivity contribution in [3.63, 3.8) is 0 Å². The zero-order valence-electron chi connectivity index (χ0n) is 18.8. The minimum Gasteiger partial charge on any atom is -0.493 e. The van der Waals surface area contributed by atoms with Gasteiger partial charge in [0, 0.05) is 13.1 Å². The Morgan fingerprint density at radius 3 is 2.25 bits per heavy atom. The molecule has 0 spiro atoms. The summed E-state index contributed by atoms with van der Waals surface area (Å²) in [6.07, 6.45) is 0. The number of benzene rings is 2. The van der Waals surface area contributed by atoms with Gasteiger partial charge in [0.25, 0.3) is 5.91 Å². The highest BCUT2D eigenvalue weighted by Crippen LogP contribution is 2.44. The largest absolute Gasteiger partial charge is 0.493 e. The molecule has 1 aromatic heterocycles. The summed E-state index contributed by atoms with van der Waals surface area (Å²) >= 11 is 0. The van der Waals surface area contributed by atoms with Crippen molar-refractivity contribution in [1.29, 1.82) is 0 Å². The zero-order chi connectivity index (χ0) is 23.0. The molecule has 0 bridgehead atoms. The van der Waals surface area contributed by atoms with Crippen LogP contribution in [0.3, 0.4) is 0 Å². The highest BCUT2D eigenvalue weighted by Gasteiger charge is 2.43. The van der Waals surface area contributed by atoms with Gasteiger partial charge in [-0.1, -0.05) is 12.1 Å². The normalized spacial score (nSPS) is 15.4. The highest BCUT2D eigenvalue weighted by molar-refractivity contribution is 5.99. The number of methoxy groups -OCH3 is 3. The molecule has 168 valence electrons. The summed E-state index contributed by atoms with van der Waals surface area (Å²) in [6.45, 7) is 1.03. The monoisotopic (exact) mass is 438 g/mol. The quantitative estimate of drug-likeness (QED) is 0.561. The molecule has 2 aromatic carbocycles. The summed E-state index contributed by atoms with van der Waals surface area (Å²) in [7, 11) is 8.44. The van der Waals surface area contributed by atoms with Crippen LogP contribution in [0.5, 0.6) is 17.2 Å². The van der Waals surface area contributed by atoms with E-state index in [9.17, 15) is 9.59 Å². The van der Waals surface area contributed by atoms with Gasteiger partial charge in [0.15, 0.2) is 16.9 Å². The number of ether oxygens (including phenoxy) is 3. The van der Waals surface area contributed by atoms with Gasteiger partial charge in [0.05, 0.1) is 38.3 Å². The van der Waals surface area contributed by atoms with E-state index in [4.69, 9.17) is 18.6 Å². The molecule has 1 amide bonds. The van der Waals surface area contributed by atoms with E-state index in [1.807, 2.05) is 19.0 Å². The Balaban J connectivity index is 1.98. The molecule has 0 saturated carbocycles. The van der Waals surface area contributed by atoms with Gasteiger partial charge in [-0.3, -0.25) is 9.59 Å². The molecule has 1 aliphatic heterocycles. The van der Waals surface area contributed by atoms with Crippen LogP contribution < -0.4 is 19.6 Å². The van der Waals surface area contributed by atoms with Crippen molar-refractivity contribution < 1.29 is 23.4 Å². The molecule has 1 aliphatic rings. The third kappa shape index (κ3) is 3.46. The summed E-state index contributed by atoms with van der Waals surface area (Å²) < 4.78 is 22.4. The average molecular weight is 438 g/mol. The van der Waals surface area contributed by atoms with Crippen LogP contribution in [-0.2, 0) is 0 Å². The van der Waals surface area contributed by atoms with E-state index in [1.54, 1.807) is 41.3 Å². The second-order valence-corrected chi connectivity index (χ2v) is 7.83. The molecular weight excluding hydrogens is 412 g/mol. The van der Waals surface area contributed by atoms with Gasteiger partial charge in [0.1, 0.15) is 5.58 Å². The van der Waals surface area contributed by atoms with Crippen LogP contribution >= 0.6 is 0 Å². The number of amides is 1. The SMILES string of the molecule is COc1cc([C@H]2c3c(oc4ccccc4c3=O)C(=O)N2CCN(C)C)cc(OC)c1OC. The maximum atomic E-state index is 13.5. The first-order valence-electron chi connectivity index (χ1n) is 10.2. The van der Waals surface area contributed by atoms with Crippen molar-refractivity contribution in [3.8, 4) is 17.2 Å². The molecule has 1 atom stereocenters. The molecule has 0 fully saturated rings. The molecular formula is C24H26N2O6. The first-order chi connectivity index (χ1) is 15.4. The predicted molar refractivity (Wildman–Crippen MR) is 120 cm³/mol. The molecule has 8 heteroatoms. The van der Waals surface area contributed by atoms with E-state index in [2.05, 4.69) is 0 Å². The molecule has 0 aliphatic carbocycles. The predicted octanol–water partition coefficient (Wildman–Crippen LogP) is 2.93. The molecule has 4 rings (SSSR count). The Labute approximate surface area is 185 Å². The van der Waals surface area contributed by atoms with E-state index >= 15 is 0 Å². The lowest BCUT2D eigenvalue weighted by Crippen LogP contribution is -2.35. The number of carbonyl (C=O) groups is 1. The van der Waals surface area contributed by atoms with E-state index in [0.717, 1.165) is 0 Å². The Hall–Kier alpha value is -3.52. The topological polar surface area (TPSA) is 81.5 Å². The number of hydrogen-bond acceptors (Lipinski definition) is 7. The molecule has 3 aromatic rings. The number of hydrogen-bond donors (Lipinski definition) is 0. The van der Waals surface area contributed by atoms with Crippen molar-refractivity contribution in [3.05, 3.63) is 63.5 Å². The van der Waals surface area contributed by atoms with Crippen molar-refractivity contribution >= 4 is 16.9 Å². The molecule has 2 heterocycles. The fourth-order valence-electron chi connectivity index (χ4n) is 4.11. The van der Waals surface area contributed by atoms with Crippen molar-refractivity contribution in [2.75, 3.05) is 48.5 Å². The Morgan fingerprint density at radius 2 is 1.66 bits per heavy atom. The Morgan fingerprint density at radius 1 is 1.00 bits per heavy atom. The van der Waals surface area contributed by atoms with Crippen molar-refractivity contribution in [2.24, 2.45) is 0 Å². The first-order valence-corrected chi connectivity index (χ1v) is 10.2. The third-order valence-corrected chi connectivity index (χ3v) is 5.66. The van der Waals surface area contributed by atoms with E-state index in [0.29, 0.717) is 52.4 Å². The molecule has 0 unspecified atom stereocenters. The lowest BCUT2D eigenvalue weighted by atomic mass is 9.97. The minimum absolute atomic E-state index is 0.0752. The number of nitrogens with zero attached hydrogens (tertiary/aromatic N) is 2. The number of likely N-dealkylation sites (N-methyl/N-ethyl adjacent to an activating group) is 1. The fourth-order valence-corrected chi connectivity index (χ4v) is 4.11. The average Bonchev–Trinajstić information content (AvgIpc) is 3.08. The van der Waals surface area contributed by atoms with Gasteiger partial charge < -0.3 is 28.4 Å². The maximum absolute atomic E-state index is 13.5. The lowest BCUT2D eigenvalue weighted by molar-refractivity contribution is 0.0716. The maximum Gasteiger partial charge on any atom is 0.290 e. The van der Waals surface area contributed by atoms with Crippen LogP contribution in [-0.4, -0.2) is 64.2 Å². The third-order valence-electron chi connectivity index (χ3n) is 5.66. The van der Waals surface area contributed by atoms with E-state index in [1.165, 1.54) is 21.3 Å². The first kappa shape index (κ1) is 21.7. The summed E-state index contributed by atoms with van der Waals surface area (Å²) in [5.74, 6) is 1.09. The van der Waals surface area contributed by atoms with Crippen LogP contribution in [0.1, 0.15) is 27.7 Å². The van der Waals surface area contributed by atoms with E-state index < -0.39 is 6.04 Å². The lowest BCUT2D eigenvalue weighted by Gasteiger charge is -2.27. The molecule has 0 radical (unpaired) electrons. The molecule has 8 nitrogen and oxygen atoms in total. The van der Waals surface area contributed by atoms with Crippen LogP contribution in [0, 0.1) is 0 Å². The molecule has 0 N–H and O–H groups in total. The Bertz CT molecular complexity index is 1210. The van der Waals surface area contributed by atoms with Gasteiger partial charge >= 0.3 is 0 Å². The van der Waals surface area contributed by atoms with Gasteiger partial charge in [-0.05, 0) is 43.9 Å². The summed E-state index contributed by atoms with van der Waals surface area (Å²) in [6, 6.07) is 9.85. The highest BCUT2D eigenvalue weighted by atomic mass is 16.5. The van der Waals surface area contributed by atoms with Gasteiger partial charge in [0.2, 0.25) is 11.5 Å². The summed E-state index contributed by atoms with van der Waals surface area (Å²) in [4.78, 5) is 30.6. The smallest absolute Gasteiger partial charge is 0.290 e. The van der Waals surface area contributed by atoms with Crippen LogP contribution in [0.4, 0.5) is 0 Å². The van der Waals surface area contributed by atoms with Crippen LogP contribution in [0.2, 0.25) is 0 Å². The molecule has 0 saturated heterocycles. The second-order valence-electron chi connectivity index (χ2n) is 7.83. The second kappa shape index (κ2) is 8.55. The van der Waals surface area contributed by atoms with Gasteiger partial charge in [-0.15, -0.1) is 0 Å². The number of carbonyl (C=O) groups excluding carboxylic acids is 1. The van der Waals surface area contributed by atoms with Crippen LogP contribution in [0.15, 0.2) is 45.6 Å². The minimum atomic E-state index is -0.646. The van der Waals surface area contributed by atoms with Gasteiger partial charge in [-0.2, -0.15) is 0 Å². The van der Waals surface area contributed by atoms with Crippen molar-refractivity contribution in [1.82, 2.24) is 9.80 Å². The summed E-state index contributed by atoms with van der Waals surface area (Å²) in [5, 5.41) is 0.436. The number of fused-ring (bicyclic) bond motifs is 2. The standard InChI is InChI=1S/C24H26N2O6/c1-25(2)10-11-26-20(14-12-17(29-3)22(31-5)18(13-14)30-4)19-21(27)15-8-6-7-9-16(15)32-23(19)24(26)28/h6-9,12-13,20H,10-11H2,1-5H3/t20-/m0/s1. The van der Waals surface area contributed by atoms with Gasteiger partial charge in [-0.25, -0.2) is 0 Å².